The van der Waals surface area contributed by atoms with E-state index in [4.69, 9.17) is 9.47 Å². The van der Waals surface area contributed by atoms with Gasteiger partial charge in [-0.1, -0.05) is 18.2 Å². The van der Waals surface area contributed by atoms with E-state index in [1.807, 2.05) is 41.3 Å². The van der Waals surface area contributed by atoms with E-state index in [9.17, 15) is 4.79 Å². The average molecular weight is 295 g/mol. The van der Waals surface area contributed by atoms with Gasteiger partial charge in [0.2, 0.25) is 0 Å². The van der Waals surface area contributed by atoms with Gasteiger partial charge in [0.15, 0.2) is 11.5 Å². The third-order valence-corrected chi connectivity index (χ3v) is 4.18. The zero-order chi connectivity index (χ0) is 14.9. The fourth-order valence-electron chi connectivity index (χ4n) is 3.03. The van der Waals surface area contributed by atoms with Gasteiger partial charge in [0.25, 0.3) is 5.91 Å². The number of hydrogen-bond donors (Lipinski definition) is 0. The zero-order valence-electron chi connectivity index (χ0n) is 12.2. The number of ether oxygens (including phenoxy) is 2. The van der Waals surface area contributed by atoms with Gasteiger partial charge in [0, 0.05) is 18.7 Å². The lowest BCUT2D eigenvalue weighted by Gasteiger charge is -2.30. The first kappa shape index (κ1) is 13.2. The van der Waals surface area contributed by atoms with Crippen molar-refractivity contribution in [3.8, 4) is 11.5 Å². The lowest BCUT2D eigenvalue weighted by molar-refractivity contribution is 0.0734. The van der Waals surface area contributed by atoms with Crippen molar-refractivity contribution in [2.45, 2.75) is 13.0 Å². The number of rotatable bonds is 1. The summed E-state index contributed by atoms with van der Waals surface area (Å²) in [4.78, 5) is 14.5. The summed E-state index contributed by atoms with van der Waals surface area (Å²) < 4.78 is 11.3. The number of carbonyl (C=O) groups excluding carboxylic acids is 1. The molecular formula is C18H17NO3. The molecule has 0 fully saturated rings. The maximum absolute atomic E-state index is 12.6. The summed E-state index contributed by atoms with van der Waals surface area (Å²) in [5.41, 5.74) is 3.14. The van der Waals surface area contributed by atoms with Crippen LogP contribution in [0.3, 0.4) is 0 Å². The van der Waals surface area contributed by atoms with Gasteiger partial charge >= 0.3 is 0 Å². The Morgan fingerprint density at radius 2 is 1.64 bits per heavy atom. The maximum atomic E-state index is 12.6. The minimum Gasteiger partial charge on any atom is -0.486 e. The van der Waals surface area contributed by atoms with Crippen molar-refractivity contribution in [1.82, 2.24) is 4.90 Å². The molecule has 0 radical (unpaired) electrons. The van der Waals surface area contributed by atoms with Crippen molar-refractivity contribution >= 4 is 5.91 Å². The van der Waals surface area contributed by atoms with E-state index in [0.29, 0.717) is 19.8 Å². The number of benzene rings is 2. The molecule has 0 spiro atoms. The molecule has 0 saturated carbocycles. The monoisotopic (exact) mass is 295 g/mol. The molecule has 0 unspecified atom stereocenters. The van der Waals surface area contributed by atoms with E-state index in [1.165, 1.54) is 5.56 Å². The predicted octanol–water partition coefficient (Wildman–Crippen LogP) is 2.66. The molecule has 4 nitrogen and oxygen atoms in total. The molecule has 0 atom stereocenters. The standard InChI is InChI=1S/C18H17NO3/c20-18(13-4-2-1-3-5-13)19-7-6-14-10-16-17(11-15(14)12-19)22-9-8-21-16/h1-5,10-11H,6-9,12H2. The van der Waals surface area contributed by atoms with Crippen LogP contribution in [-0.4, -0.2) is 30.6 Å². The number of fused-ring (bicyclic) bond motifs is 2. The van der Waals surface area contributed by atoms with Crippen LogP contribution in [0, 0.1) is 0 Å². The zero-order valence-corrected chi connectivity index (χ0v) is 12.2. The van der Waals surface area contributed by atoms with Crippen LogP contribution in [0.15, 0.2) is 42.5 Å². The Morgan fingerprint density at radius 3 is 2.36 bits per heavy atom. The molecule has 0 saturated heterocycles. The van der Waals surface area contributed by atoms with E-state index in [-0.39, 0.29) is 5.91 Å². The highest BCUT2D eigenvalue weighted by atomic mass is 16.6. The topological polar surface area (TPSA) is 38.8 Å². The second-order valence-electron chi connectivity index (χ2n) is 5.61. The van der Waals surface area contributed by atoms with Crippen LogP contribution in [0.2, 0.25) is 0 Å². The molecule has 2 aliphatic rings. The van der Waals surface area contributed by atoms with Gasteiger partial charge in [-0.15, -0.1) is 0 Å². The van der Waals surface area contributed by atoms with Crippen molar-refractivity contribution in [2.24, 2.45) is 0 Å². The van der Waals surface area contributed by atoms with Gasteiger partial charge in [0.1, 0.15) is 13.2 Å². The SMILES string of the molecule is O=C(c1ccccc1)N1CCc2cc3c(cc2C1)OCCO3. The van der Waals surface area contributed by atoms with Gasteiger partial charge in [-0.05, 0) is 41.8 Å². The Labute approximate surface area is 129 Å². The molecule has 4 rings (SSSR count). The van der Waals surface area contributed by atoms with Crippen molar-refractivity contribution in [1.29, 1.82) is 0 Å². The van der Waals surface area contributed by atoms with E-state index < -0.39 is 0 Å². The van der Waals surface area contributed by atoms with Crippen LogP contribution in [0.4, 0.5) is 0 Å². The second-order valence-corrected chi connectivity index (χ2v) is 5.61. The van der Waals surface area contributed by atoms with Gasteiger partial charge in [-0.3, -0.25) is 4.79 Å². The van der Waals surface area contributed by atoms with Crippen molar-refractivity contribution in [2.75, 3.05) is 19.8 Å². The highest BCUT2D eigenvalue weighted by Crippen LogP contribution is 2.35. The quantitative estimate of drug-likeness (QED) is 0.812. The van der Waals surface area contributed by atoms with E-state index >= 15 is 0 Å². The van der Waals surface area contributed by atoms with E-state index in [0.717, 1.165) is 35.6 Å². The van der Waals surface area contributed by atoms with Crippen LogP contribution in [0.5, 0.6) is 11.5 Å². The number of hydrogen-bond acceptors (Lipinski definition) is 3. The Kier molecular flexibility index (Phi) is 3.22. The number of amides is 1. The highest BCUT2D eigenvalue weighted by molar-refractivity contribution is 5.94. The van der Waals surface area contributed by atoms with Crippen LogP contribution < -0.4 is 9.47 Å². The summed E-state index contributed by atoms with van der Waals surface area (Å²) >= 11 is 0. The summed E-state index contributed by atoms with van der Waals surface area (Å²) in [6, 6.07) is 13.5. The summed E-state index contributed by atoms with van der Waals surface area (Å²) in [5.74, 6) is 1.70. The molecule has 1 amide bonds. The van der Waals surface area contributed by atoms with Crippen LogP contribution in [0.1, 0.15) is 21.5 Å². The summed E-state index contributed by atoms with van der Waals surface area (Å²) in [6.07, 6.45) is 0.852. The Bertz CT molecular complexity index is 712. The van der Waals surface area contributed by atoms with Gasteiger partial charge in [-0.2, -0.15) is 0 Å². The lowest BCUT2D eigenvalue weighted by Crippen LogP contribution is -2.36. The summed E-state index contributed by atoms with van der Waals surface area (Å²) in [6.45, 7) is 2.54. The first-order chi connectivity index (χ1) is 10.8. The number of nitrogens with zero attached hydrogens (tertiary/aromatic N) is 1. The minimum absolute atomic E-state index is 0.0844. The van der Waals surface area contributed by atoms with Crippen LogP contribution in [0.25, 0.3) is 0 Å². The van der Waals surface area contributed by atoms with Crippen molar-refractivity contribution < 1.29 is 14.3 Å². The Balaban J connectivity index is 1.60. The Morgan fingerprint density at radius 1 is 0.955 bits per heavy atom. The first-order valence-corrected chi connectivity index (χ1v) is 7.57. The molecule has 2 aromatic rings. The Hall–Kier alpha value is -2.49. The van der Waals surface area contributed by atoms with Gasteiger partial charge in [-0.25, -0.2) is 0 Å². The summed E-state index contributed by atoms with van der Waals surface area (Å²) in [7, 11) is 0. The average Bonchev–Trinajstić information content (AvgIpc) is 2.59. The molecule has 2 aliphatic heterocycles. The molecule has 0 N–H and O–H groups in total. The largest absolute Gasteiger partial charge is 0.486 e. The third kappa shape index (κ3) is 2.30. The van der Waals surface area contributed by atoms with Crippen LogP contribution >= 0.6 is 0 Å². The first-order valence-electron chi connectivity index (χ1n) is 7.57. The molecule has 0 aromatic heterocycles. The second kappa shape index (κ2) is 5.37. The molecule has 0 bridgehead atoms. The van der Waals surface area contributed by atoms with Gasteiger partial charge in [0.05, 0.1) is 0 Å². The highest BCUT2D eigenvalue weighted by Gasteiger charge is 2.24. The number of carbonyl (C=O) groups is 1. The van der Waals surface area contributed by atoms with E-state index in [1.54, 1.807) is 0 Å². The van der Waals surface area contributed by atoms with Gasteiger partial charge < -0.3 is 14.4 Å². The fraction of sp³-hybridized carbons (Fsp3) is 0.278. The van der Waals surface area contributed by atoms with Crippen LogP contribution in [-0.2, 0) is 13.0 Å². The fourth-order valence-corrected chi connectivity index (χ4v) is 3.03. The summed E-state index contributed by atoms with van der Waals surface area (Å²) in [5, 5.41) is 0. The molecule has 112 valence electrons. The predicted molar refractivity (Wildman–Crippen MR) is 82.3 cm³/mol. The maximum Gasteiger partial charge on any atom is 0.254 e. The lowest BCUT2D eigenvalue weighted by atomic mass is 9.98. The molecule has 0 aliphatic carbocycles. The smallest absolute Gasteiger partial charge is 0.254 e. The molecule has 2 aromatic carbocycles. The molecular weight excluding hydrogens is 278 g/mol. The molecule has 4 heteroatoms. The van der Waals surface area contributed by atoms with Crippen molar-refractivity contribution in [3.05, 3.63) is 59.2 Å². The third-order valence-electron chi connectivity index (χ3n) is 4.18. The normalized spacial score (nSPS) is 16.1. The molecule has 2 heterocycles. The molecule has 22 heavy (non-hydrogen) atoms. The van der Waals surface area contributed by atoms with Crippen molar-refractivity contribution in [3.63, 3.8) is 0 Å². The minimum atomic E-state index is 0.0844. The van der Waals surface area contributed by atoms with E-state index in [2.05, 4.69) is 6.07 Å².